The highest BCUT2D eigenvalue weighted by molar-refractivity contribution is 4.64. The van der Waals surface area contributed by atoms with Gasteiger partial charge in [-0.25, -0.2) is 4.39 Å². The molecule has 0 aliphatic carbocycles. The van der Waals surface area contributed by atoms with Crippen LogP contribution in [0, 0.1) is 0 Å². The average molecular weight is 134 g/mol. The van der Waals surface area contributed by atoms with Gasteiger partial charge in [-0.2, -0.15) is 0 Å². The van der Waals surface area contributed by atoms with Gasteiger partial charge in [0.1, 0.15) is 6.17 Å². The number of rotatable bonds is 5. The van der Waals surface area contributed by atoms with Gasteiger partial charge in [0.15, 0.2) is 0 Å². The molecule has 0 fully saturated rings. The summed E-state index contributed by atoms with van der Waals surface area (Å²) in [6.45, 7) is 3.18. The maximum absolute atomic E-state index is 12.0. The monoisotopic (exact) mass is 134 g/mol. The third kappa shape index (κ3) is 5.46. The molecule has 54 valence electrons. The third-order valence-corrected chi connectivity index (χ3v) is 0.733. The summed E-state index contributed by atoms with van der Waals surface area (Å²) in [5.74, 6) is 0. The number of halogens is 1. The first-order valence-corrected chi connectivity index (χ1v) is 2.74. The number of ether oxygens (including phenoxy) is 1. The minimum Gasteiger partial charge on any atom is -0.393 e. The van der Waals surface area contributed by atoms with Crippen molar-refractivity contribution in [3.05, 3.63) is 12.7 Å². The zero-order chi connectivity index (χ0) is 7.11. The number of hydrogen-bond donors (Lipinski definition) is 1. The fourth-order valence-corrected chi connectivity index (χ4v) is 0.332. The molecule has 0 amide bonds. The van der Waals surface area contributed by atoms with Crippen molar-refractivity contribution in [3.63, 3.8) is 0 Å². The topological polar surface area (TPSA) is 29.5 Å². The molecule has 0 aliphatic heterocycles. The van der Waals surface area contributed by atoms with Gasteiger partial charge in [-0.3, -0.25) is 0 Å². The van der Waals surface area contributed by atoms with Crippen molar-refractivity contribution in [1.82, 2.24) is 0 Å². The van der Waals surface area contributed by atoms with Crippen molar-refractivity contribution in [2.75, 3.05) is 19.8 Å². The van der Waals surface area contributed by atoms with Crippen molar-refractivity contribution in [1.29, 1.82) is 0 Å². The largest absolute Gasteiger partial charge is 0.393 e. The summed E-state index contributed by atoms with van der Waals surface area (Å²) in [4.78, 5) is 0. The molecule has 0 bridgehead atoms. The van der Waals surface area contributed by atoms with Crippen LogP contribution in [0.15, 0.2) is 12.7 Å². The van der Waals surface area contributed by atoms with Gasteiger partial charge in [0.25, 0.3) is 0 Å². The van der Waals surface area contributed by atoms with Crippen molar-refractivity contribution >= 4 is 0 Å². The Labute approximate surface area is 53.9 Å². The molecule has 0 aromatic carbocycles. The molecule has 0 saturated heterocycles. The fourth-order valence-electron chi connectivity index (χ4n) is 0.332. The van der Waals surface area contributed by atoms with E-state index in [0.717, 1.165) is 0 Å². The van der Waals surface area contributed by atoms with Gasteiger partial charge in [0.05, 0.1) is 19.8 Å². The SMILES string of the molecule is C=CCOCC(F)CO. The second kappa shape index (κ2) is 5.72. The summed E-state index contributed by atoms with van der Waals surface area (Å²) in [5, 5.41) is 8.15. The van der Waals surface area contributed by atoms with Crippen LogP contribution in [-0.4, -0.2) is 31.1 Å². The molecule has 0 saturated carbocycles. The van der Waals surface area contributed by atoms with E-state index in [1.807, 2.05) is 0 Å². The van der Waals surface area contributed by atoms with E-state index >= 15 is 0 Å². The molecule has 0 aromatic rings. The molecule has 0 rings (SSSR count). The number of aliphatic hydroxyl groups excluding tert-OH is 1. The third-order valence-electron chi connectivity index (χ3n) is 0.733. The number of alkyl halides is 1. The molecule has 0 spiro atoms. The highest BCUT2D eigenvalue weighted by Gasteiger charge is 2.01. The van der Waals surface area contributed by atoms with E-state index in [-0.39, 0.29) is 6.61 Å². The molecule has 0 aromatic heterocycles. The Balaban J connectivity index is 2.96. The highest BCUT2D eigenvalue weighted by Crippen LogP contribution is 1.89. The molecule has 0 radical (unpaired) electrons. The van der Waals surface area contributed by atoms with Gasteiger partial charge in [0.2, 0.25) is 0 Å². The van der Waals surface area contributed by atoms with E-state index in [1.165, 1.54) is 6.08 Å². The lowest BCUT2D eigenvalue weighted by Crippen LogP contribution is -2.14. The van der Waals surface area contributed by atoms with Crippen LogP contribution < -0.4 is 0 Å². The summed E-state index contributed by atoms with van der Waals surface area (Å²) in [5.41, 5.74) is 0. The van der Waals surface area contributed by atoms with Crippen LogP contribution in [0.5, 0.6) is 0 Å². The van der Waals surface area contributed by atoms with E-state index in [4.69, 9.17) is 5.11 Å². The van der Waals surface area contributed by atoms with Crippen LogP contribution in [0.1, 0.15) is 0 Å². The normalized spacial score (nSPS) is 13.1. The summed E-state index contributed by atoms with van der Waals surface area (Å²) in [6, 6.07) is 0. The number of aliphatic hydroxyl groups is 1. The van der Waals surface area contributed by atoms with Crippen LogP contribution in [0.2, 0.25) is 0 Å². The molecule has 2 nitrogen and oxygen atoms in total. The lowest BCUT2D eigenvalue weighted by atomic mass is 10.4. The zero-order valence-electron chi connectivity index (χ0n) is 5.22. The predicted molar refractivity (Wildman–Crippen MR) is 33.0 cm³/mol. The lowest BCUT2D eigenvalue weighted by molar-refractivity contribution is 0.0657. The Bertz CT molecular complexity index is 75.5. The second-order valence-electron chi connectivity index (χ2n) is 1.61. The molecule has 3 heteroatoms. The molecular formula is C6H11FO2. The van der Waals surface area contributed by atoms with Crippen molar-refractivity contribution in [2.45, 2.75) is 6.17 Å². The minimum atomic E-state index is -1.26. The quantitative estimate of drug-likeness (QED) is 0.438. The van der Waals surface area contributed by atoms with Gasteiger partial charge >= 0.3 is 0 Å². The summed E-state index contributed by atoms with van der Waals surface area (Å²) >= 11 is 0. The summed E-state index contributed by atoms with van der Waals surface area (Å²) in [6.07, 6.45) is 0.273. The molecule has 0 heterocycles. The smallest absolute Gasteiger partial charge is 0.146 e. The van der Waals surface area contributed by atoms with Crippen LogP contribution >= 0.6 is 0 Å². The Hall–Kier alpha value is -0.410. The highest BCUT2D eigenvalue weighted by atomic mass is 19.1. The predicted octanol–water partition coefficient (Wildman–Crippen LogP) is 0.519. The molecule has 1 unspecified atom stereocenters. The minimum absolute atomic E-state index is 0.0531. The lowest BCUT2D eigenvalue weighted by Gasteiger charge is -2.02. The van der Waals surface area contributed by atoms with E-state index in [1.54, 1.807) is 0 Å². The van der Waals surface area contributed by atoms with Gasteiger partial charge < -0.3 is 9.84 Å². The van der Waals surface area contributed by atoms with E-state index in [2.05, 4.69) is 11.3 Å². The standard InChI is InChI=1S/C6H11FO2/c1-2-3-9-5-6(7)4-8/h2,6,8H,1,3-5H2. The Morgan fingerprint density at radius 3 is 2.89 bits per heavy atom. The van der Waals surface area contributed by atoms with Crippen molar-refractivity contribution in [3.8, 4) is 0 Å². The maximum atomic E-state index is 12.0. The first-order chi connectivity index (χ1) is 4.31. The van der Waals surface area contributed by atoms with Crippen molar-refractivity contribution in [2.24, 2.45) is 0 Å². The molecule has 0 aliphatic rings. The van der Waals surface area contributed by atoms with E-state index in [9.17, 15) is 4.39 Å². The first-order valence-electron chi connectivity index (χ1n) is 2.74. The summed E-state index contributed by atoms with van der Waals surface area (Å²) < 4.78 is 16.7. The van der Waals surface area contributed by atoms with Crippen LogP contribution in [0.25, 0.3) is 0 Å². The fraction of sp³-hybridized carbons (Fsp3) is 0.667. The van der Waals surface area contributed by atoms with E-state index in [0.29, 0.717) is 6.61 Å². The Morgan fingerprint density at radius 2 is 2.44 bits per heavy atom. The van der Waals surface area contributed by atoms with Gasteiger partial charge in [-0.05, 0) is 0 Å². The van der Waals surface area contributed by atoms with Crippen LogP contribution in [0.3, 0.4) is 0 Å². The van der Waals surface area contributed by atoms with Gasteiger partial charge in [-0.1, -0.05) is 6.08 Å². The van der Waals surface area contributed by atoms with Crippen molar-refractivity contribution < 1.29 is 14.2 Å². The molecule has 1 atom stereocenters. The van der Waals surface area contributed by atoms with E-state index < -0.39 is 12.8 Å². The Kier molecular flexibility index (Phi) is 5.46. The molecular weight excluding hydrogens is 123 g/mol. The Morgan fingerprint density at radius 1 is 1.78 bits per heavy atom. The molecule has 9 heavy (non-hydrogen) atoms. The first kappa shape index (κ1) is 8.59. The molecule has 1 N–H and O–H groups in total. The number of hydrogen-bond acceptors (Lipinski definition) is 2. The second-order valence-corrected chi connectivity index (χ2v) is 1.61. The average Bonchev–Trinajstić information content (AvgIpc) is 1.89. The van der Waals surface area contributed by atoms with Gasteiger partial charge in [0, 0.05) is 0 Å². The zero-order valence-corrected chi connectivity index (χ0v) is 5.22. The van der Waals surface area contributed by atoms with Crippen LogP contribution in [-0.2, 0) is 4.74 Å². The summed E-state index contributed by atoms with van der Waals surface area (Å²) in [7, 11) is 0. The van der Waals surface area contributed by atoms with Gasteiger partial charge in [-0.15, -0.1) is 6.58 Å². The maximum Gasteiger partial charge on any atom is 0.146 e. The van der Waals surface area contributed by atoms with Crippen LogP contribution in [0.4, 0.5) is 4.39 Å².